The summed E-state index contributed by atoms with van der Waals surface area (Å²) < 4.78 is 27.0. The van der Waals surface area contributed by atoms with Gasteiger partial charge >= 0.3 is 0 Å². The van der Waals surface area contributed by atoms with Gasteiger partial charge in [-0.2, -0.15) is 0 Å². The van der Waals surface area contributed by atoms with Crippen molar-refractivity contribution < 1.29 is 18.7 Å². The number of benzene rings is 2. The summed E-state index contributed by atoms with van der Waals surface area (Å²) in [6, 6.07) is 12.3. The lowest BCUT2D eigenvalue weighted by Crippen LogP contribution is -2.35. The molecule has 0 fully saturated rings. The fourth-order valence-electron chi connectivity index (χ4n) is 2.39. The van der Waals surface area contributed by atoms with E-state index in [9.17, 15) is 18.7 Å². The second-order valence-corrected chi connectivity index (χ2v) is 5.51. The topological polar surface area (TPSA) is 49.3 Å². The van der Waals surface area contributed by atoms with Gasteiger partial charge in [-0.05, 0) is 31.0 Å². The van der Waals surface area contributed by atoms with Crippen LogP contribution in [0.15, 0.2) is 48.5 Å². The Morgan fingerprint density at radius 2 is 1.70 bits per heavy atom. The minimum atomic E-state index is -0.739. The summed E-state index contributed by atoms with van der Waals surface area (Å²) in [5.41, 5.74) is 0.509. The maximum Gasteiger partial charge on any atom is 0.224 e. The fraction of sp³-hybridized carbons (Fsp3) is 0.278. The van der Waals surface area contributed by atoms with Gasteiger partial charge in [-0.3, -0.25) is 4.79 Å². The van der Waals surface area contributed by atoms with Gasteiger partial charge in [0.15, 0.2) is 0 Å². The zero-order valence-electron chi connectivity index (χ0n) is 12.8. The van der Waals surface area contributed by atoms with Crippen molar-refractivity contribution in [2.45, 2.75) is 31.9 Å². The van der Waals surface area contributed by atoms with E-state index in [1.54, 1.807) is 19.1 Å². The van der Waals surface area contributed by atoms with Gasteiger partial charge in [-0.15, -0.1) is 0 Å². The third-order valence-corrected chi connectivity index (χ3v) is 3.57. The molecule has 2 rings (SSSR count). The Kier molecular flexibility index (Phi) is 5.82. The molecule has 0 radical (unpaired) electrons. The maximum absolute atomic E-state index is 13.5. The van der Waals surface area contributed by atoms with Crippen molar-refractivity contribution in [2.75, 3.05) is 0 Å². The summed E-state index contributed by atoms with van der Waals surface area (Å²) in [4.78, 5) is 11.9. The van der Waals surface area contributed by atoms with Crippen molar-refractivity contribution in [3.63, 3.8) is 0 Å². The average molecular weight is 319 g/mol. The van der Waals surface area contributed by atoms with Gasteiger partial charge in [0.2, 0.25) is 5.91 Å². The molecule has 0 saturated heterocycles. The third-order valence-electron chi connectivity index (χ3n) is 3.57. The highest BCUT2D eigenvalue weighted by Gasteiger charge is 2.17. The van der Waals surface area contributed by atoms with E-state index in [1.807, 2.05) is 18.2 Å². The second-order valence-electron chi connectivity index (χ2n) is 5.51. The standard InChI is InChI=1S/C18H19F2NO2/c1-12(10-17(22)13-6-3-2-4-7-13)21-18(23)11-14-15(19)8-5-9-16(14)20/h2-9,12,17,22H,10-11H2,1H3,(H,21,23)/t12-,17+/m0/s1. The number of carbonyl (C=O) groups is 1. The quantitative estimate of drug-likeness (QED) is 0.859. The van der Waals surface area contributed by atoms with E-state index in [0.717, 1.165) is 17.7 Å². The molecule has 2 atom stereocenters. The number of nitrogens with one attached hydrogen (secondary N) is 1. The second kappa shape index (κ2) is 7.83. The first kappa shape index (κ1) is 17.1. The number of carbonyl (C=O) groups excluding carboxylic acids is 1. The number of halogens is 2. The number of hydrogen-bond donors (Lipinski definition) is 2. The average Bonchev–Trinajstić information content (AvgIpc) is 2.51. The van der Waals surface area contributed by atoms with Gasteiger partial charge in [-0.25, -0.2) is 8.78 Å². The van der Waals surface area contributed by atoms with Crippen LogP contribution in [-0.2, 0) is 11.2 Å². The molecule has 23 heavy (non-hydrogen) atoms. The summed E-state index contributed by atoms with van der Waals surface area (Å²) in [5, 5.41) is 12.8. The minimum Gasteiger partial charge on any atom is -0.388 e. The Labute approximate surface area is 134 Å². The van der Waals surface area contributed by atoms with Crippen LogP contribution in [0.1, 0.15) is 30.6 Å². The van der Waals surface area contributed by atoms with Crippen molar-refractivity contribution >= 4 is 5.91 Å². The molecule has 0 aliphatic carbocycles. The molecule has 0 saturated carbocycles. The fourth-order valence-corrected chi connectivity index (χ4v) is 2.39. The van der Waals surface area contributed by atoms with Crippen molar-refractivity contribution in [1.82, 2.24) is 5.32 Å². The van der Waals surface area contributed by atoms with Crippen LogP contribution < -0.4 is 5.32 Å². The molecular formula is C18H19F2NO2. The van der Waals surface area contributed by atoms with E-state index in [2.05, 4.69) is 5.32 Å². The lowest BCUT2D eigenvalue weighted by Gasteiger charge is -2.18. The van der Waals surface area contributed by atoms with E-state index in [1.165, 1.54) is 6.07 Å². The van der Waals surface area contributed by atoms with Crippen LogP contribution >= 0.6 is 0 Å². The molecule has 0 bridgehead atoms. The van der Waals surface area contributed by atoms with Crippen molar-refractivity contribution in [3.05, 3.63) is 71.3 Å². The summed E-state index contributed by atoms with van der Waals surface area (Å²) in [6.07, 6.45) is -0.767. The number of aliphatic hydroxyl groups is 1. The van der Waals surface area contributed by atoms with Crippen LogP contribution in [0, 0.1) is 11.6 Å². The molecule has 5 heteroatoms. The predicted molar refractivity (Wildman–Crippen MR) is 83.7 cm³/mol. The monoisotopic (exact) mass is 319 g/mol. The Hall–Kier alpha value is -2.27. The van der Waals surface area contributed by atoms with Gasteiger partial charge in [0.05, 0.1) is 12.5 Å². The molecule has 3 nitrogen and oxygen atoms in total. The zero-order valence-corrected chi connectivity index (χ0v) is 12.8. The number of aliphatic hydroxyl groups excluding tert-OH is 1. The van der Waals surface area contributed by atoms with Gasteiger partial charge in [0.25, 0.3) is 0 Å². The number of rotatable bonds is 6. The summed E-state index contributed by atoms with van der Waals surface area (Å²) in [6.45, 7) is 1.74. The molecule has 2 N–H and O–H groups in total. The van der Waals surface area contributed by atoms with Gasteiger partial charge in [0, 0.05) is 11.6 Å². The van der Waals surface area contributed by atoms with Gasteiger partial charge < -0.3 is 10.4 Å². The molecule has 1 amide bonds. The van der Waals surface area contributed by atoms with Crippen LogP contribution in [0.4, 0.5) is 8.78 Å². The zero-order chi connectivity index (χ0) is 16.8. The van der Waals surface area contributed by atoms with E-state index in [0.29, 0.717) is 6.42 Å². The highest BCUT2D eigenvalue weighted by Crippen LogP contribution is 2.18. The van der Waals surface area contributed by atoms with Crippen LogP contribution in [0.2, 0.25) is 0 Å². The van der Waals surface area contributed by atoms with Crippen molar-refractivity contribution in [1.29, 1.82) is 0 Å². The van der Waals surface area contributed by atoms with Gasteiger partial charge in [-0.1, -0.05) is 36.4 Å². The highest BCUT2D eigenvalue weighted by atomic mass is 19.1. The first-order valence-electron chi connectivity index (χ1n) is 7.42. The number of amides is 1. The molecule has 0 aliphatic heterocycles. The van der Waals surface area contributed by atoms with E-state index >= 15 is 0 Å². The molecular weight excluding hydrogens is 300 g/mol. The smallest absolute Gasteiger partial charge is 0.224 e. The molecule has 122 valence electrons. The lowest BCUT2D eigenvalue weighted by molar-refractivity contribution is -0.121. The van der Waals surface area contributed by atoms with Crippen molar-refractivity contribution in [2.24, 2.45) is 0 Å². The Bertz CT molecular complexity index is 641. The lowest BCUT2D eigenvalue weighted by atomic mass is 10.0. The van der Waals surface area contributed by atoms with Gasteiger partial charge in [0.1, 0.15) is 11.6 Å². The number of hydrogen-bond acceptors (Lipinski definition) is 2. The molecule has 0 unspecified atom stereocenters. The van der Waals surface area contributed by atoms with Crippen LogP contribution in [-0.4, -0.2) is 17.1 Å². The summed E-state index contributed by atoms with van der Waals surface area (Å²) >= 11 is 0. The highest BCUT2D eigenvalue weighted by molar-refractivity contribution is 5.78. The van der Waals surface area contributed by atoms with E-state index in [-0.39, 0.29) is 18.0 Å². The maximum atomic E-state index is 13.5. The third kappa shape index (κ3) is 4.86. The van der Waals surface area contributed by atoms with Crippen molar-refractivity contribution in [3.8, 4) is 0 Å². The predicted octanol–water partition coefficient (Wildman–Crippen LogP) is 3.14. The molecule has 0 spiro atoms. The Morgan fingerprint density at radius 3 is 2.30 bits per heavy atom. The molecule has 0 aromatic heterocycles. The van der Waals surface area contributed by atoms with Crippen LogP contribution in [0.25, 0.3) is 0 Å². The Balaban J connectivity index is 1.90. The minimum absolute atomic E-state index is 0.249. The first-order chi connectivity index (χ1) is 11.0. The van der Waals surface area contributed by atoms with E-state index < -0.39 is 23.6 Å². The van der Waals surface area contributed by atoms with Crippen LogP contribution in [0.5, 0.6) is 0 Å². The summed E-state index contributed by atoms with van der Waals surface area (Å²) in [5.74, 6) is -1.96. The molecule has 2 aromatic carbocycles. The molecule has 2 aromatic rings. The molecule has 0 heterocycles. The molecule has 0 aliphatic rings. The SMILES string of the molecule is C[C@@H](C[C@@H](O)c1ccccc1)NC(=O)Cc1c(F)cccc1F. The largest absolute Gasteiger partial charge is 0.388 e. The summed E-state index contributed by atoms with van der Waals surface area (Å²) in [7, 11) is 0. The van der Waals surface area contributed by atoms with Crippen LogP contribution in [0.3, 0.4) is 0 Å². The van der Waals surface area contributed by atoms with E-state index in [4.69, 9.17) is 0 Å². The normalized spacial score (nSPS) is 13.4. The Morgan fingerprint density at radius 1 is 1.09 bits per heavy atom. The first-order valence-corrected chi connectivity index (χ1v) is 7.42.